The largest absolute Gasteiger partial charge is 2.00 e. The van der Waals surface area contributed by atoms with E-state index in [1.165, 1.54) is 83.3 Å². The van der Waals surface area contributed by atoms with Gasteiger partial charge in [0, 0.05) is 71.8 Å². The molecule has 0 saturated carbocycles. The number of thiophene rings is 2. The predicted molar refractivity (Wildman–Crippen MR) is 311 cm³/mol. The molecule has 0 unspecified atom stereocenters. The summed E-state index contributed by atoms with van der Waals surface area (Å²) in [5.41, 5.74) is 7.95. The first-order valence-corrected chi connectivity index (χ1v) is 28.3. The zero-order valence-corrected chi connectivity index (χ0v) is 49.8. The number of hydrogen-bond acceptors (Lipinski definition) is 12. The molecular formula is C62H62CaF4N4O10S2. The average molecular weight is 1200 g/mol. The number of nitrogens with one attached hydrogen (secondary N) is 2. The Labute approximate surface area is 515 Å². The fourth-order valence-corrected chi connectivity index (χ4v) is 11.4. The molecule has 8 aromatic rings. The normalized spacial score (nSPS) is 12.7. The van der Waals surface area contributed by atoms with Gasteiger partial charge in [-0.1, -0.05) is 39.8 Å². The van der Waals surface area contributed by atoms with E-state index in [1.807, 2.05) is 70.5 Å². The zero-order valence-electron chi connectivity index (χ0n) is 46.0. The Bertz CT molecular complexity index is 3230. The molecule has 0 spiro atoms. The van der Waals surface area contributed by atoms with Crippen LogP contribution in [-0.2, 0) is 22.7 Å². The SMILES string of the molecule is CC(C)c1c(C(=O)Nc2cccc(F)c2)c(-c2ccsc2)c(-c2ccc(F)cc2)n1CC[C@@H](O)C[C@@H](O)CC(=O)[O-].CC(C)c1c(C(=O)Nc2cccc(F)c2)c(-c2ccsc2)c(-c2ccc(F)cc2)n1CC[C@@H](O)C[C@@H](O)CC(=O)[O-].[Ca+2]. The van der Waals surface area contributed by atoms with Crippen LogP contribution in [0.5, 0.6) is 0 Å². The number of carbonyl (C=O) groups excluding carboxylic acids is 4. The number of nitrogens with zero attached hydrogens (tertiary/aromatic N) is 2. The van der Waals surface area contributed by atoms with E-state index in [0.717, 1.165) is 11.1 Å². The van der Waals surface area contributed by atoms with Crippen molar-refractivity contribution in [1.29, 1.82) is 0 Å². The molecule has 0 aliphatic carbocycles. The van der Waals surface area contributed by atoms with E-state index >= 15 is 0 Å². The van der Waals surface area contributed by atoms with Gasteiger partial charge in [-0.2, -0.15) is 22.7 Å². The number of anilines is 2. The number of carbonyl (C=O) groups is 4. The molecule has 4 heterocycles. The number of aliphatic hydroxyl groups is 4. The number of benzene rings is 4. The third-order valence-electron chi connectivity index (χ3n) is 13.4. The second kappa shape index (κ2) is 30.4. The molecule has 0 bridgehead atoms. The Balaban J connectivity index is 0.000000263. The summed E-state index contributed by atoms with van der Waals surface area (Å²) < 4.78 is 59.6. The topological polar surface area (TPSA) is 229 Å². The molecule has 83 heavy (non-hydrogen) atoms. The van der Waals surface area contributed by atoms with E-state index in [2.05, 4.69) is 10.6 Å². The summed E-state index contributed by atoms with van der Waals surface area (Å²) >= 11 is 2.90. The molecule has 4 atom stereocenters. The van der Waals surface area contributed by atoms with Crippen molar-refractivity contribution in [2.45, 2.75) is 116 Å². The third-order valence-corrected chi connectivity index (χ3v) is 14.8. The van der Waals surface area contributed by atoms with Crippen LogP contribution in [0, 0.1) is 23.3 Å². The van der Waals surface area contributed by atoms with Gasteiger partial charge in [0.2, 0.25) is 0 Å². The maximum absolute atomic E-state index is 14.0. The first-order valence-electron chi connectivity index (χ1n) is 26.4. The summed E-state index contributed by atoms with van der Waals surface area (Å²) in [4.78, 5) is 49.6. The molecule has 0 aliphatic rings. The van der Waals surface area contributed by atoms with Gasteiger partial charge in [0.1, 0.15) is 23.3 Å². The summed E-state index contributed by atoms with van der Waals surface area (Å²) in [6, 6.07) is 26.8. The van der Waals surface area contributed by atoms with Crippen LogP contribution in [0.1, 0.15) is 110 Å². The van der Waals surface area contributed by atoms with E-state index in [1.54, 1.807) is 36.4 Å². The van der Waals surface area contributed by atoms with Gasteiger partial charge < -0.3 is 60.0 Å². The van der Waals surface area contributed by atoms with Crippen LogP contribution in [0.25, 0.3) is 44.8 Å². The van der Waals surface area contributed by atoms with Crippen LogP contribution in [0.3, 0.4) is 0 Å². The molecule has 6 N–H and O–H groups in total. The smallest absolute Gasteiger partial charge is 0.550 e. The van der Waals surface area contributed by atoms with Gasteiger partial charge in [-0.25, -0.2) is 17.6 Å². The summed E-state index contributed by atoms with van der Waals surface area (Å²) in [5, 5.41) is 76.2. The van der Waals surface area contributed by atoms with Crippen LogP contribution in [0.15, 0.2) is 131 Å². The number of carboxylic acid groups (broad SMARTS) is 2. The quantitative estimate of drug-likeness (QED) is 0.0248. The minimum Gasteiger partial charge on any atom is -0.550 e. The standard InChI is InChI=1S/2C31H32F2N2O5S.Ca/c2*1-18(2)29-28(31(40)34-23-5-3-4-22(33)14-23)27(20-11-13-41-17-20)30(19-6-8-21(32)9-7-19)35(29)12-10-24(36)15-25(37)16-26(38)39;/h2*3-9,11,13-14,17-18,24-25,36-37H,10,12,15-16H2,1-2H3,(H,34,40)(H,38,39);/q;;+2/p-2/t2*24-,25-;/m11./s1. The number of aliphatic carboxylic acids is 2. The molecule has 21 heteroatoms. The molecule has 0 radical (unpaired) electrons. The minimum atomic E-state index is -1.41. The van der Waals surface area contributed by atoms with Crippen LogP contribution in [0.2, 0.25) is 0 Å². The number of aliphatic hydroxyl groups excluding tert-OH is 4. The molecule has 0 fully saturated rings. The fourth-order valence-electron chi connectivity index (χ4n) is 10.1. The van der Waals surface area contributed by atoms with Crippen molar-refractivity contribution in [3.05, 3.63) is 176 Å². The van der Waals surface area contributed by atoms with Gasteiger partial charge >= 0.3 is 37.7 Å². The Hall–Kier alpha value is -6.46. The molecule has 0 aliphatic heterocycles. The van der Waals surface area contributed by atoms with Crippen molar-refractivity contribution in [2.24, 2.45) is 0 Å². The maximum Gasteiger partial charge on any atom is 2.00 e. The first-order chi connectivity index (χ1) is 39.1. The molecule has 8 rings (SSSR count). The molecule has 4 aromatic carbocycles. The van der Waals surface area contributed by atoms with Crippen molar-refractivity contribution in [1.82, 2.24) is 9.13 Å². The Morgan fingerprint density at radius 2 is 0.867 bits per heavy atom. The van der Waals surface area contributed by atoms with Gasteiger partial charge in [-0.05, 0) is 178 Å². The monoisotopic (exact) mass is 1200 g/mol. The van der Waals surface area contributed by atoms with Crippen molar-refractivity contribution in [3.8, 4) is 44.8 Å². The van der Waals surface area contributed by atoms with Crippen molar-refractivity contribution in [2.75, 3.05) is 10.6 Å². The number of carboxylic acids is 2. The molecule has 2 amide bonds. The van der Waals surface area contributed by atoms with Crippen LogP contribution in [-0.4, -0.2) is 115 Å². The first kappa shape index (κ1) is 65.7. The number of amides is 2. The molecule has 0 saturated heterocycles. The molecular weight excluding hydrogens is 1140 g/mol. The number of rotatable bonds is 24. The van der Waals surface area contributed by atoms with Gasteiger partial charge in [-0.15, -0.1) is 0 Å². The molecule has 4 aromatic heterocycles. The second-order valence-electron chi connectivity index (χ2n) is 20.4. The van der Waals surface area contributed by atoms with Crippen LogP contribution < -0.4 is 20.8 Å². The van der Waals surface area contributed by atoms with E-state index < -0.39 is 84.3 Å². The average Bonchev–Trinajstić information content (AvgIpc) is 3.13. The van der Waals surface area contributed by atoms with Crippen molar-refractivity contribution >= 4 is 95.5 Å². The third kappa shape index (κ3) is 17.3. The van der Waals surface area contributed by atoms with Gasteiger partial charge in [-0.3, -0.25) is 9.59 Å². The summed E-state index contributed by atoms with van der Waals surface area (Å²) in [6.07, 6.45) is -5.85. The van der Waals surface area contributed by atoms with Crippen molar-refractivity contribution in [3.63, 3.8) is 0 Å². The Morgan fingerprint density at radius 3 is 1.17 bits per heavy atom. The van der Waals surface area contributed by atoms with Crippen LogP contribution in [0.4, 0.5) is 28.9 Å². The Morgan fingerprint density at radius 1 is 0.506 bits per heavy atom. The second-order valence-corrected chi connectivity index (χ2v) is 21.9. The van der Waals surface area contributed by atoms with Gasteiger partial charge in [0.25, 0.3) is 11.8 Å². The summed E-state index contributed by atoms with van der Waals surface area (Å²) in [5.74, 6) is -5.93. The predicted octanol–water partition coefficient (Wildman–Crippen LogP) is 9.98. The number of hydrogen-bond donors (Lipinski definition) is 6. The zero-order chi connectivity index (χ0) is 59.4. The molecule has 432 valence electrons. The van der Waals surface area contributed by atoms with E-state index in [9.17, 15) is 67.4 Å². The fraction of sp³-hybridized carbons (Fsp3) is 0.290. The van der Waals surface area contributed by atoms with Gasteiger partial charge in [0.15, 0.2) is 0 Å². The number of aromatic nitrogens is 2. The summed E-state index contributed by atoms with van der Waals surface area (Å²) in [6.45, 7) is 8.13. The maximum atomic E-state index is 14.0. The summed E-state index contributed by atoms with van der Waals surface area (Å²) in [7, 11) is 0. The van der Waals surface area contributed by atoms with Gasteiger partial charge in [0.05, 0.1) is 46.9 Å². The van der Waals surface area contributed by atoms with E-state index in [0.29, 0.717) is 56.2 Å². The van der Waals surface area contributed by atoms with E-state index in [4.69, 9.17) is 0 Å². The van der Waals surface area contributed by atoms with Crippen molar-refractivity contribution < 1.29 is 67.4 Å². The number of halogens is 4. The Kier molecular flexibility index (Phi) is 24.0. The van der Waals surface area contributed by atoms with E-state index in [-0.39, 0.29) is 99.7 Å². The van der Waals surface area contributed by atoms with Crippen LogP contribution >= 0.6 is 22.7 Å². The minimum absolute atomic E-state index is 0. The molecule has 14 nitrogen and oxygen atoms in total.